The van der Waals surface area contributed by atoms with Crippen molar-refractivity contribution in [1.82, 2.24) is 10.1 Å². The summed E-state index contributed by atoms with van der Waals surface area (Å²) in [6.45, 7) is -0.619. The summed E-state index contributed by atoms with van der Waals surface area (Å²) in [5, 5.41) is 12.5. The number of hydrogen-bond acceptors (Lipinski definition) is 5. The Morgan fingerprint density at radius 3 is 2.60 bits per heavy atom. The van der Waals surface area contributed by atoms with E-state index < -0.39 is 24.0 Å². The Morgan fingerprint density at radius 1 is 1.30 bits per heavy atom. The van der Waals surface area contributed by atoms with Gasteiger partial charge in [0.25, 0.3) is 0 Å². The number of ether oxygens (including phenoxy) is 1. The van der Waals surface area contributed by atoms with Crippen molar-refractivity contribution in [3.63, 3.8) is 0 Å². The minimum Gasteiger partial charge on any atom is -0.479 e. The lowest BCUT2D eigenvalue weighted by Crippen LogP contribution is -2.02. The highest BCUT2D eigenvalue weighted by Gasteiger charge is 2.29. The first-order valence-electron chi connectivity index (χ1n) is 6.21. The number of rotatable bonds is 5. The lowest BCUT2D eigenvalue weighted by atomic mass is 10.2. The van der Waals surface area contributed by atoms with Crippen LogP contribution in [-0.4, -0.2) is 15.2 Å². The quantitative estimate of drug-likeness (QED) is 0.911. The Hall–Kier alpha value is -2.02. The van der Waals surface area contributed by atoms with Crippen molar-refractivity contribution in [3.8, 4) is 5.75 Å². The van der Waals surface area contributed by atoms with Crippen LogP contribution in [0.5, 0.6) is 5.75 Å². The molecule has 2 aromatic rings. The van der Waals surface area contributed by atoms with Gasteiger partial charge in [0.05, 0.1) is 6.61 Å². The molecule has 106 valence electrons. The average Bonchev–Trinajstić information content (AvgIpc) is 3.17. The van der Waals surface area contributed by atoms with E-state index in [9.17, 15) is 8.78 Å². The van der Waals surface area contributed by atoms with E-state index in [2.05, 4.69) is 10.1 Å². The predicted molar refractivity (Wildman–Crippen MR) is 62.9 cm³/mol. The SMILES string of the molecule is OCc1cc(F)c(OCc2noc(C3CC3)n2)c(F)c1. The number of nitrogens with zero attached hydrogens (tertiary/aromatic N) is 2. The van der Waals surface area contributed by atoms with Crippen LogP contribution in [0.2, 0.25) is 0 Å². The van der Waals surface area contributed by atoms with Crippen molar-refractivity contribution in [2.24, 2.45) is 0 Å². The molecule has 0 radical (unpaired) electrons. The Kier molecular flexibility index (Phi) is 3.35. The first-order valence-corrected chi connectivity index (χ1v) is 6.21. The van der Waals surface area contributed by atoms with E-state index in [4.69, 9.17) is 14.4 Å². The van der Waals surface area contributed by atoms with Gasteiger partial charge in [0, 0.05) is 5.92 Å². The molecule has 1 aromatic carbocycles. The fraction of sp³-hybridized carbons (Fsp3) is 0.385. The summed E-state index contributed by atoms with van der Waals surface area (Å²) in [5.41, 5.74) is 0.142. The Balaban J connectivity index is 1.70. The maximum absolute atomic E-state index is 13.6. The van der Waals surface area contributed by atoms with Gasteiger partial charge in [-0.3, -0.25) is 0 Å². The van der Waals surface area contributed by atoms with Crippen LogP contribution in [0.15, 0.2) is 16.7 Å². The number of benzene rings is 1. The van der Waals surface area contributed by atoms with Crippen LogP contribution in [0.3, 0.4) is 0 Å². The second-order valence-corrected chi connectivity index (χ2v) is 4.66. The van der Waals surface area contributed by atoms with Gasteiger partial charge in [0.15, 0.2) is 24.0 Å². The molecule has 20 heavy (non-hydrogen) atoms. The molecular formula is C13H12F2N2O3. The minimum absolute atomic E-state index is 0.142. The van der Waals surface area contributed by atoms with Gasteiger partial charge in [-0.15, -0.1) is 0 Å². The van der Waals surface area contributed by atoms with Gasteiger partial charge in [0.1, 0.15) is 0 Å². The minimum atomic E-state index is -0.875. The smallest absolute Gasteiger partial charge is 0.229 e. The highest BCUT2D eigenvalue weighted by molar-refractivity contribution is 5.31. The van der Waals surface area contributed by atoms with Crippen molar-refractivity contribution < 1.29 is 23.1 Å². The molecule has 0 unspecified atom stereocenters. The fourth-order valence-electron chi connectivity index (χ4n) is 1.80. The maximum Gasteiger partial charge on any atom is 0.229 e. The Bertz CT molecular complexity index is 603. The molecule has 0 bridgehead atoms. The van der Waals surface area contributed by atoms with E-state index in [0.29, 0.717) is 11.8 Å². The number of halogens is 2. The van der Waals surface area contributed by atoms with Crippen LogP contribution in [0, 0.1) is 11.6 Å². The van der Waals surface area contributed by atoms with Crippen molar-refractivity contribution >= 4 is 0 Å². The van der Waals surface area contributed by atoms with Crippen molar-refractivity contribution in [2.75, 3.05) is 0 Å². The molecule has 1 aliphatic carbocycles. The highest BCUT2D eigenvalue weighted by Crippen LogP contribution is 2.38. The molecule has 5 nitrogen and oxygen atoms in total. The third-order valence-corrected chi connectivity index (χ3v) is 3.00. The molecule has 0 spiro atoms. The zero-order chi connectivity index (χ0) is 14.1. The summed E-state index contributed by atoms with van der Waals surface area (Å²) in [7, 11) is 0. The maximum atomic E-state index is 13.6. The standard InChI is InChI=1S/C13H12F2N2O3/c14-9-3-7(5-18)4-10(15)12(9)19-6-11-16-13(20-17-11)8-1-2-8/h3-4,8,18H,1-2,5-6H2. The molecule has 7 heteroatoms. The van der Waals surface area contributed by atoms with Crippen LogP contribution < -0.4 is 4.74 Å². The van der Waals surface area contributed by atoms with E-state index in [0.717, 1.165) is 25.0 Å². The fourth-order valence-corrected chi connectivity index (χ4v) is 1.80. The Labute approximate surface area is 113 Å². The van der Waals surface area contributed by atoms with Gasteiger partial charge in [-0.1, -0.05) is 5.16 Å². The number of aromatic nitrogens is 2. The molecule has 0 aliphatic heterocycles. The number of aliphatic hydroxyl groups is 1. The molecule has 1 fully saturated rings. The zero-order valence-corrected chi connectivity index (χ0v) is 10.5. The molecular weight excluding hydrogens is 270 g/mol. The van der Waals surface area contributed by atoms with Crippen molar-refractivity contribution in [2.45, 2.75) is 32.0 Å². The summed E-state index contributed by atoms with van der Waals surface area (Å²) in [6.07, 6.45) is 2.04. The van der Waals surface area contributed by atoms with Gasteiger partial charge in [-0.2, -0.15) is 4.98 Å². The molecule has 1 aromatic heterocycles. The van der Waals surface area contributed by atoms with Crippen molar-refractivity contribution in [1.29, 1.82) is 0 Å². The van der Waals surface area contributed by atoms with E-state index in [1.165, 1.54) is 0 Å². The Morgan fingerprint density at radius 2 is 2.00 bits per heavy atom. The van der Waals surface area contributed by atoms with E-state index in [1.54, 1.807) is 0 Å². The zero-order valence-electron chi connectivity index (χ0n) is 10.5. The largest absolute Gasteiger partial charge is 0.479 e. The molecule has 0 saturated heterocycles. The van der Waals surface area contributed by atoms with E-state index in [-0.39, 0.29) is 18.0 Å². The van der Waals surface area contributed by atoms with Gasteiger partial charge in [0.2, 0.25) is 11.7 Å². The molecule has 0 atom stereocenters. The average molecular weight is 282 g/mol. The van der Waals surface area contributed by atoms with Gasteiger partial charge < -0.3 is 14.4 Å². The highest BCUT2D eigenvalue weighted by atomic mass is 19.1. The lowest BCUT2D eigenvalue weighted by molar-refractivity contribution is 0.255. The molecule has 1 aliphatic rings. The van der Waals surface area contributed by atoms with Gasteiger partial charge in [-0.25, -0.2) is 8.78 Å². The van der Waals surface area contributed by atoms with Crippen LogP contribution in [0.1, 0.15) is 36.0 Å². The van der Waals surface area contributed by atoms with Crippen LogP contribution >= 0.6 is 0 Å². The molecule has 1 heterocycles. The summed E-state index contributed by atoms with van der Waals surface area (Å²) in [6, 6.07) is 2.04. The molecule has 1 N–H and O–H groups in total. The molecule has 0 amide bonds. The normalized spacial score (nSPS) is 14.6. The predicted octanol–water partition coefficient (Wildman–Crippen LogP) is 2.30. The first-order chi connectivity index (χ1) is 9.67. The lowest BCUT2D eigenvalue weighted by Gasteiger charge is -2.07. The third kappa shape index (κ3) is 2.62. The van der Waals surface area contributed by atoms with Crippen molar-refractivity contribution in [3.05, 3.63) is 41.0 Å². The summed E-state index contributed by atoms with van der Waals surface area (Å²) in [4.78, 5) is 4.09. The summed E-state index contributed by atoms with van der Waals surface area (Å²) in [5.74, 6) is -1.16. The number of hydrogen-bond donors (Lipinski definition) is 1. The second-order valence-electron chi connectivity index (χ2n) is 4.66. The van der Waals surface area contributed by atoms with Gasteiger partial charge in [-0.05, 0) is 30.5 Å². The molecule has 1 saturated carbocycles. The van der Waals surface area contributed by atoms with E-state index in [1.807, 2.05) is 0 Å². The number of aliphatic hydroxyl groups excluding tert-OH is 1. The summed E-state index contributed by atoms with van der Waals surface area (Å²) >= 11 is 0. The monoisotopic (exact) mass is 282 g/mol. The topological polar surface area (TPSA) is 68.4 Å². The first kappa shape index (κ1) is 13.0. The second kappa shape index (κ2) is 5.16. The van der Waals surface area contributed by atoms with Crippen LogP contribution in [0.4, 0.5) is 8.78 Å². The third-order valence-electron chi connectivity index (χ3n) is 3.00. The van der Waals surface area contributed by atoms with E-state index >= 15 is 0 Å². The van der Waals surface area contributed by atoms with Gasteiger partial charge >= 0.3 is 0 Å². The molecule has 3 rings (SSSR count). The van der Waals surface area contributed by atoms with Crippen LogP contribution in [-0.2, 0) is 13.2 Å². The van der Waals surface area contributed by atoms with Crippen LogP contribution in [0.25, 0.3) is 0 Å². The summed E-state index contributed by atoms with van der Waals surface area (Å²) < 4.78 is 37.3.